The van der Waals surface area contributed by atoms with Gasteiger partial charge in [0.1, 0.15) is 5.75 Å². The number of aromatic amines is 1. The average Bonchev–Trinajstić information content (AvgIpc) is 3.03. The van der Waals surface area contributed by atoms with E-state index >= 15 is 0 Å². The molecule has 1 aromatic heterocycles. The molecule has 1 saturated carbocycles. The number of ether oxygens (including phenoxy) is 3. The van der Waals surface area contributed by atoms with Crippen molar-refractivity contribution in [1.82, 2.24) is 9.55 Å². The lowest BCUT2D eigenvalue weighted by atomic mass is 9.82. The van der Waals surface area contributed by atoms with Gasteiger partial charge in [0.15, 0.2) is 6.29 Å². The third-order valence-corrected chi connectivity index (χ3v) is 5.97. The first kappa shape index (κ1) is 19.1. The Balaban J connectivity index is 1.47. The highest BCUT2D eigenvalue weighted by atomic mass is 16.7. The Labute approximate surface area is 164 Å². The third kappa shape index (κ3) is 4.09. The van der Waals surface area contributed by atoms with Gasteiger partial charge < -0.3 is 19.2 Å². The lowest BCUT2D eigenvalue weighted by molar-refractivity contribution is -0.146. The topological polar surface area (TPSA) is 82.6 Å². The standard InChI is InChI=1S/C21H28N2O5/c1-26-20(24)15-7-5-14(6-8-15)13-23-18-12-16(9-10-17(18)22-21(23)25)28-19-4-2-3-11-27-19/h9-10,12,14-15,19H,2-8,11,13H2,1H3,(H,22,25)/t14-,15-,19?. The van der Waals surface area contributed by atoms with Crippen molar-refractivity contribution in [3.8, 4) is 5.75 Å². The van der Waals surface area contributed by atoms with Crippen LogP contribution >= 0.6 is 0 Å². The monoisotopic (exact) mass is 388 g/mol. The summed E-state index contributed by atoms with van der Waals surface area (Å²) in [5, 5.41) is 0. The Morgan fingerprint density at radius 2 is 2.04 bits per heavy atom. The maximum atomic E-state index is 12.5. The van der Waals surface area contributed by atoms with Crippen molar-refractivity contribution in [1.29, 1.82) is 0 Å². The fourth-order valence-corrected chi connectivity index (χ4v) is 4.35. The number of hydrogen-bond acceptors (Lipinski definition) is 5. The molecule has 7 heteroatoms. The number of fused-ring (bicyclic) bond motifs is 1. The summed E-state index contributed by atoms with van der Waals surface area (Å²) in [5.41, 5.74) is 1.56. The lowest BCUT2D eigenvalue weighted by Crippen LogP contribution is -2.27. The minimum Gasteiger partial charge on any atom is -0.469 e. The van der Waals surface area contributed by atoms with E-state index in [1.165, 1.54) is 7.11 Å². The first-order chi connectivity index (χ1) is 13.6. The number of nitrogens with zero attached hydrogens (tertiary/aromatic N) is 1. The molecule has 2 fully saturated rings. The van der Waals surface area contributed by atoms with E-state index in [4.69, 9.17) is 14.2 Å². The lowest BCUT2D eigenvalue weighted by Gasteiger charge is -2.27. The first-order valence-corrected chi connectivity index (χ1v) is 10.2. The minimum absolute atomic E-state index is 0.00330. The number of H-pyrrole nitrogens is 1. The smallest absolute Gasteiger partial charge is 0.326 e. The van der Waals surface area contributed by atoms with Crippen molar-refractivity contribution in [2.45, 2.75) is 57.8 Å². The maximum absolute atomic E-state index is 12.5. The fraction of sp³-hybridized carbons (Fsp3) is 0.619. The number of rotatable bonds is 5. The largest absolute Gasteiger partial charge is 0.469 e. The van der Waals surface area contributed by atoms with Crippen LogP contribution in [0.1, 0.15) is 44.9 Å². The Hall–Kier alpha value is -2.28. The fourth-order valence-electron chi connectivity index (χ4n) is 4.35. The van der Waals surface area contributed by atoms with Gasteiger partial charge in [-0.05, 0) is 56.6 Å². The second kappa shape index (κ2) is 8.39. The predicted molar refractivity (Wildman–Crippen MR) is 104 cm³/mol. The molecule has 1 aliphatic carbocycles. The average molecular weight is 388 g/mol. The van der Waals surface area contributed by atoms with Gasteiger partial charge >= 0.3 is 11.7 Å². The highest BCUT2D eigenvalue weighted by Crippen LogP contribution is 2.31. The molecule has 1 aromatic carbocycles. The highest BCUT2D eigenvalue weighted by molar-refractivity contribution is 5.77. The van der Waals surface area contributed by atoms with Crippen molar-refractivity contribution in [2.75, 3.05) is 13.7 Å². The summed E-state index contributed by atoms with van der Waals surface area (Å²) >= 11 is 0. The van der Waals surface area contributed by atoms with Crippen LogP contribution in [-0.2, 0) is 20.8 Å². The number of nitrogens with one attached hydrogen (secondary N) is 1. The summed E-state index contributed by atoms with van der Waals surface area (Å²) in [5.74, 6) is 0.983. The summed E-state index contributed by atoms with van der Waals surface area (Å²) in [6.07, 6.45) is 6.35. The van der Waals surface area contributed by atoms with Crippen LogP contribution in [0.3, 0.4) is 0 Å². The van der Waals surface area contributed by atoms with Crippen molar-refractivity contribution in [3.05, 3.63) is 28.7 Å². The van der Waals surface area contributed by atoms with Crippen LogP contribution in [0.15, 0.2) is 23.0 Å². The molecular formula is C21H28N2O5. The number of imidazole rings is 1. The van der Waals surface area contributed by atoms with Crippen LogP contribution in [0.25, 0.3) is 11.0 Å². The maximum Gasteiger partial charge on any atom is 0.326 e. The van der Waals surface area contributed by atoms with E-state index in [0.717, 1.165) is 68.3 Å². The van der Waals surface area contributed by atoms with Crippen LogP contribution in [0.2, 0.25) is 0 Å². The summed E-state index contributed by atoms with van der Waals surface area (Å²) in [4.78, 5) is 27.1. The van der Waals surface area contributed by atoms with Gasteiger partial charge in [-0.3, -0.25) is 9.36 Å². The van der Waals surface area contributed by atoms with Crippen molar-refractivity contribution in [3.63, 3.8) is 0 Å². The number of benzene rings is 1. The highest BCUT2D eigenvalue weighted by Gasteiger charge is 2.27. The van der Waals surface area contributed by atoms with Gasteiger partial charge in [-0.15, -0.1) is 0 Å². The van der Waals surface area contributed by atoms with E-state index in [-0.39, 0.29) is 23.9 Å². The Kier molecular flexibility index (Phi) is 5.71. The van der Waals surface area contributed by atoms with E-state index in [2.05, 4.69) is 4.98 Å². The number of hydrogen-bond donors (Lipinski definition) is 1. The minimum atomic E-state index is -0.209. The molecule has 1 N–H and O–H groups in total. The molecule has 1 aliphatic heterocycles. The molecule has 4 rings (SSSR count). The zero-order chi connectivity index (χ0) is 19.5. The number of aromatic nitrogens is 2. The van der Waals surface area contributed by atoms with Crippen molar-refractivity contribution in [2.24, 2.45) is 11.8 Å². The van der Waals surface area contributed by atoms with Gasteiger partial charge in [0.2, 0.25) is 0 Å². The zero-order valence-electron chi connectivity index (χ0n) is 16.3. The van der Waals surface area contributed by atoms with Gasteiger partial charge in [-0.1, -0.05) is 0 Å². The first-order valence-electron chi connectivity index (χ1n) is 10.2. The second-order valence-electron chi connectivity index (χ2n) is 7.87. The molecule has 7 nitrogen and oxygen atoms in total. The van der Waals surface area contributed by atoms with E-state index in [0.29, 0.717) is 12.5 Å². The van der Waals surface area contributed by atoms with Gasteiger partial charge in [0.05, 0.1) is 30.7 Å². The molecule has 1 atom stereocenters. The van der Waals surface area contributed by atoms with Crippen LogP contribution < -0.4 is 10.4 Å². The summed E-state index contributed by atoms with van der Waals surface area (Å²) in [6.45, 7) is 1.38. The molecule has 2 aliphatic rings. The SMILES string of the molecule is COC(=O)[C@H]1CC[C@H](Cn2c(=O)[nH]c3ccc(OC4CCCCO4)cc32)CC1. The third-order valence-electron chi connectivity index (χ3n) is 5.97. The van der Waals surface area contributed by atoms with Gasteiger partial charge in [0.25, 0.3) is 0 Å². The quantitative estimate of drug-likeness (QED) is 0.796. The van der Waals surface area contributed by atoms with Crippen molar-refractivity contribution >= 4 is 17.0 Å². The van der Waals surface area contributed by atoms with Gasteiger partial charge in [-0.25, -0.2) is 4.79 Å². The molecular weight excluding hydrogens is 360 g/mol. The Bertz CT molecular complexity index is 873. The Morgan fingerprint density at radius 1 is 1.21 bits per heavy atom. The molecule has 0 radical (unpaired) electrons. The zero-order valence-corrected chi connectivity index (χ0v) is 16.3. The van der Waals surface area contributed by atoms with E-state index in [1.54, 1.807) is 4.57 Å². The molecule has 1 saturated heterocycles. The number of carbonyl (C=O) groups excluding carboxylic acids is 1. The summed E-state index contributed by atoms with van der Waals surface area (Å²) < 4.78 is 18.3. The molecule has 0 spiro atoms. The van der Waals surface area contributed by atoms with Gasteiger partial charge in [0, 0.05) is 19.0 Å². The number of carbonyl (C=O) groups is 1. The molecule has 2 aromatic rings. The van der Waals surface area contributed by atoms with E-state index in [1.807, 2.05) is 18.2 Å². The predicted octanol–water partition coefficient (Wildman–Crippen LogP) is 3.21. The molecule has 152 valence electrons. The second-order valence-corrected chi connectivity index (χ2v) is 7.87. The molecule has 0 bridgehead atoms. The molecule has 1 unspecified atom stereocenters. The van der Waals surface area contributed by atoms with E-state index < -0.39 is 0 Å². The Morgan fingerprint density at radius 3 is 2.75 bits per heavy atom. The number of methoxy groups -OCH3 is 1. The van der Waals surface area contributed by atoms with Crippen molar-refractivity contribution < 1.29 is 19.0 Å². The summed E-state index contributed by atoms with van der Waals surface area (Å²) in [6, 6.07) is 5.69. The number of esters is 1. The molecule has 2 heterocycles. The van der Waals surface area contributed by atoms with Crippen LogP contribution in [0, 0.1) is 11.8 Å². The molecule has 0 amide bonds. The normalized spacial score (nSPS) is 25.5. The van der Waals surface area contributed by atoms with Crippen LogP contribution in [-0.4, -0.2) is 35.5 Å². The molecule has 28 heavy (non-hydrogen) atoms. The van der Waals surface area contributed by atoms with Crippen LogP contribution in [0.5, 0.6) is 5.75 Å². The van der Waals surface area contributed by atoms with Gasteiger partial charge in [-0.2, -0.15) is 0 Å². The van der Waals surface area contributed by atoms with E-state index in [9.17, 15) is 9.59 Å². The summed E-state index contributed by atoms with van der Waals surface area (Å²) in [7, 11) is 1.44. The van der Waals surface area contributed by atoms with Crippen LogP contribution in [0.4, 0.5) is 0 Å².